The van der Waals surface area contributed by atoms with Crippen molar-refractivity contribution in [2.75, 3.05) is 13.1 Å². The van der Waals surface area contributed by atoms with E-state index in [1.165, 1.54) is 12.8 Å². The maximum Gasteiger partial charge on any atom is 0.329 e. The van der Waals surface area contributed by atoms with Gasteiger partial charge in [-0.3, -0.25) is 13.9 Å². The van der Waals surface area contributed by atoms with Crippen molar-refractivity contribution >= 4 is 29.3 Å². The highest BCUT2D eigenvalue weighted by atomic mass is 35.5. The van der Waals surface area contributed by atoms with E-state index in [1.807, 2.05) is 33.7 Å². The minimum absolute atomic E-state index is 0. The van der Waals surface area contributed by atoms with Crippen molar-refractivity contribution in [3.63, 3.8) is 0 Å². The number of hydrogen-bond acceptors (Lipinski definition) is 3. The van der Waals surface area contributed by atoms with Gasteiger partial charge in [0.1, 0.15) is 0 Å². The Morgan fingerprint density at radius 1 is 1.07 bits per heavy atom. The monoisotopic (exact) mass is 392 g/mol. The highest BCUT2D eigenvalue weighted by molar-refractivity contribution is 5.85. The van der Waals surface area contributed by atoms with Gasteiger partial charge in [-0.05, 0) is 37.8 Å². The number of carbonyl (C=O) groups is 1. The van der Waals surface area contributed by atoms with Crippen LogP contribution in [-0.4, -0.2) is 45.1 Å². The average molecular weight is 393 g/mol. The predicted molar refractivity (Wildman–Crippen MR) is 109 cm³/mol. The van der Waals surface area contributed by atoms with Gasteiger partial charge in [0, 0.05) is 44.7 Å². The van der Waals surface area contributed by atoms with Gasteiger partial charge in [0.15, 0.2) is 0 Å². The molecule has 2 fully saturated rings. The third-order valence-electron chi connectivity index (χ3n) is 5.80. The number of carbonyl (C=O) groups excluding carboxylic acids is 1. The number of nitrogens with one attached hydrogen (secondary N) is 1. The molecule has 0 radical (unpaired) electrons. The summed E-state index contributed by atoms with van der Waals surface area (Å²) in [5, 5.41) is 3.61. The zero-order valence-corrected chi connectivity index (χ0v) is 16.7. The highest BCUT2D eigenvalue weighted by Crippen LogP contribution is 2.21. The first kappa shape index (κ1) is 20.0. The van der Waals surface area contributed by atoms with Crippen LogP contribution in [0.3, 0.4) is 0 Å². The van der Waals surface area contributed by atoms with Crippen LogP contribution in [0.25, 0.3) is 11.0 Å². The molecule has 3 heterocycles. The Morgan fingerprint density at radius 2 is 1.74 bits per heavy atom. The van der Waals surface area contributed by atoms with E-state index in [0.29, 0.717) is 31.6 Å². The summed E-state index contributed by atoms with van der Waals surface area (Å²) in [7, 11) is 0. The predicted octanol–water partition coefficient (Wildman–Crippen LogP) is 2.38. The Labute approximate surface area is 165 Å². The van der Waals surface area contributed by atoms with Gasteiger partial charge in [0.2, 0.25) is 5.91 Å². The second-order valence-electron chi connectivity index (χ2n) is 7.59. The van der Waals surface area contributed by atoms with Crippen molar-refractivity contribution < 1.29 is 4.79 Å². The first-order valence-electron chi connectivity index (χ1n) is 9.89. The van der Waals surface area contributed by atoms with Gasteiger partial charge in [-0.15, -0.1) is 12.4 Å². The van der Waals surface area contributed by atoms with Crippen molar-refractivity contribution in [1.82, 2.24) is 19.4 Å². The van der Waals surface area contributed by atoms with Crippen molar-refractivity contribution in [2.45, 2.75) is 64.2 Å². The molecule has 1 N–H and O–H groups in total. The van der Waals surface area contributed by atoms with Crippen LogP contribution < -0.4 is 11.0 Å². The number of amides is 1. The fraction of sp³-hybridized carbons (Fsp3) is 0.600. The number of halogens is 1. The van der Waals surface area contributed by atoms with Gasteiger partial charge < -0.3 is 10.2 Å². The molecule has 0 aliphatic carbocycles. The molecule has 6 nitrogen and oxygen atoms in total. The molecular weight excluding hydrogens is 364 g/mol. The van der Waals surface area contributed by atoms with E-state index in [-0.39, 0.29) is 24.0 Å². The number of hydrogen-bond donors (Lipinski definition) is 1. The van der Waals surface area contributed by atoms with E-state index in [4.69, 9.17) is 0 Å². The molecule has 2 atom stereocenters. The lowest BCUT2D eigenvalue weighted by molar-refractivity contribution is -0.131. The zero-order chi connectivity index (χ0) is 18.1. The number of aromatic nitrogens is 2. The Hall–Kier alpha value is -1.79. The fourth-order valence-corrected chi connectivity index (χ4v) is 4.46. The standard InChI is InChI=1S/C20H28N4O2.ClH/c1-2-11-23-17-5-3-4-6-18(17)24(20(23)26)13-10-19(25)22-12-9-15-7-8-16(14-22)21-15;/h3-6,15-16,21H,2,7-14H2,1H3;1H. The Kier molecular flexibility index (Phi) is 6.27. The van der Waals surface area contributed by atoms with Crippen LogP contribution >= 0.6 is 12.4 Å². The Bertz CT molecular complexity index is 859. The molecule has 2 aliphatic rings. The maximum absolute atomic E-state index is 12.8. The molecule has 0 spiro atoms. The first-order valence-corrected chi connectivity index (χ1v) is 9.89. The second-order valence-corrected chi connectivity index (χ2v) is 7.59. The number of fused-ring (bicyclic) bond motifs is 3. The normalized spacial score (nSPS) is 21.9. The molecule has 1 amide bonds. The molecule has 2 unspecified atom stereocenters. The van der Waals surface area contributed by atoms with E-state index in [1.54, 1.807) is 4.57 Å². The van der Waals surface area contributed by atoms with Crippen LogP contribution in [-0.2, 0) is 17.9 Å². The maximum atomic E-state index is 12.8. The summed E-state index contributed by atoms with van der Waals surface area (Å²) in [5.41, 5.74) is 1.89. The third kappa shape index (κ3) is 3.92. The van der Waals surface area contributed by atoms with Crippen LogP contribution in [0.15, 0.2) is 29.1 Å². The number of nitrogens with zero attached hydrogens (tertiary/aromatic N) is 3. The number of likely N-dealkylation sites (tertiary alicyclic amines) is 1. The number of benzene rings is 1. The summed E-state index contributed by atoms with van der Waals surface area (Å²) in [6, 6.07) is 8.90. The first-order chi connectivity index (χ1) is 12.7. The van der Waals surface area contributed by atoms with Crippen LogP contribution in [0, 0.1) is 0 Å². The van der Waals surface area contributed by atoms with Crippen molar-refractivity contribution in [3.05, 3.63) is 34.7 Å². The molecule has 4 rings (SSSR count). The summed E-state index contributed by atoms with van der Waals surface area (Å²) in [5.74, 6) is 0.165. The van der Waals surface area contributed by atoms with Crippen molar-refractivity contribution in [1.29, 1.82) is 0 Å². The molecular formula is C20H29ClN4O2. The SMILES string of the molecule is CCCn1c(=O)n(CCC(=O)N2CCC3CCC(C2)N3)c2ccccc21.Cl. The number of aryl methyl sites for hydroxylation is 2. The van der Waals surface area contributed by atoms with Gasteiger partial charge in [-0.2, -0.15) is 0 Å². The van der Waals surface area contributed by atoms with E-state index in [2.05, 4.69) is 12.2 Å². The summed E-state index contributed by atoms with van der Waals surface area (Å²) in [6.07, 6.45) is 4.74. The lowest BCUT2D eigenvalue weighted by Crippen LogP contribution is -2.39. The van der Waals surface area contributed by atoms with E-state index >= 15 is 0 Å². The molecule has 2 bridgehead atoms. The highest BCUT2D eigenvalue weighted by Gasteiger charge is 2.31. The van der Waals surface area contributed by atoms with Crippen LogP contribution in [0.5, 0.6) is 0 Å². The topological polar surface area (TPSA) is 59.3 Å². The quantitative estimate of drug-likeness (QED) is 0.849. The molecule has 0 saturated carbocycles. The Balaban J connectivity index is 0.00000210. The lowest BCUT2D eigenvalue weighted by Gasteiger charge is -2.24. The van der Waals surface area contributed by atoms with E-state index in [0.717, 1.165) is 37.0 Å². The average Bonchev–Trinajstić information content (AvgIpc) is 3.11. The lowest BCUT2D eigenvalue weighted by atomic mass is 10.1. The number of imidazole rings is 1. The molecule has 2 aromatic rings. The summed E-state index contributed by atoms with van der Waals surface area (Å²) in [4.78, 5) is 27.6. The molecule has 148 valence electrons. The van der Waals surface area contributed by atoms with Gasteiger partial charge >= 0.3 is 5.69 Å². The van der Waals surface area contributed by atoms with Gasteiger partial charge in [-0.1, -0.05) is 19.1 Å². The Morgan fingerprint density at radius 3 is 2.44 bits per heavy atom. The number of para-hydroxylation sites is 2. The van der Waals surface area contributed by atoms with Gasteiger partial charge in [0.05, 0.1) is 11.0 Å². The molecule has 1 aromatic carbocycles. The zero-order valence-electron chi connectivity index (χ0n) is 15.9. The summed E-state index contributed by atoms with van der Waals surface area (Å²) < 4.78 is 3.60. The molecule has 2 saturated heterocycles. The van der Waals surface area contributed by atoms with Crippen LogP contribution in [0.4, 0.5) is 0 Å². The van der Waals surface area contributed by atoms with Gasteiger partial charge in [0.25, 0.3) is 0 Å². The second kappa shape index (κ2) is 8.48. The van der Waals surface area contributed by atoms with E-state index in [9.17, 15) is 9.59 Å². The van der Waals surface area contributed by atoms with E-state index < -0.39 is 0 Å². The summed E-state index contributed by atoms with van der Waals surface area (Å²) in [6.45, 7) is 4.87. The smallest absolute Gasteiger partial charge is 0.329 e. The number of rotatable bonds is 5. The van der Waals surface area contributed by atoms with Crippen LogP contribution in [0.2, 0.25) is 0 Å². The minimum Gasteiger partial charge on any atom is -0.341 e. The van der Waals surface area contributed by atoms with Crippen LogP contribution in [0.1, 0.15) is 39.0 Å². The van der Waals surface area contributed by atoms with Crippen molar-refractivity contribution in [2.24, 2.45) is 0 Å². The minimum atomic E-state index is -0.00237. The molecule has 7 heteroatoms. The van der Waals surface area contributed by atoms with Gasteiger partial charge in [-0.25, -0.2) is 4.79 Å². The molecule has 27 heavy (non-hydrogen) atoms. The molecule has 1 aromatic heterocycles. The third-order valence-corrected chi connectivity index (χ3v) is 5.80. The largest absolute Gasteiger partial charge is 0.341 e. The summed E-state index contributed by atoms with van der Waals surface area (Å²) >= 11 is 0. The molecule has 2 aliphatic heterocycles. The van der Waals surface area contributed by atoms with Crippen molar-refractivity contribution in [3.8, 4) is 0 Å². The fourth-order valence-electron chi connectivity index (χ4n) is 4.46.